The number of aliphatic hydroxyl groups is 1. The van der Waals surface area contributed by atoms with Gasteiger partial charge in [0.15, 0.2) is 4.67 Å². The second-order valence-electron chi connectivity index (χ2n) is 4.40. The van der Waals surface area contributed by atoms with E-state index in [1.165, 1.54) is 17.4 Å². The molecule has 0 aliphatic carbocycles. The maximum atomic E-state index is 12.5. The van der Waals surface area contributed by atoms with E-state index in [9.17, 15) is 8.42 Å². The molecule has 0 fully saturated rings. The van der Waals surface area contributed by atoms with Crippen molar-refractivity contribution in [1.29, 1.82) is 0 Å². The number of hydrogen-bond donors (Lipinski definition) is 1. The van der Waals surface area contributed by atoms with Crippen LogP contribution in [-0.2, 0) is 23.2 Å². The zero-order valence-electron chi connectivity index (χ0n) is 11.1. The third kappa shape index (κ3) is 3.75. The van der Waals surface area contributed by atoms with Crippen molar-refractivity contribution in [1.82, 2.24) is 4.31 Å². The van der Waals surface area contributed by atoms with Crippen LogP contribution in [0.2, 0.25) is 0 Å². The Kier molecular flexibility index (Phi) is 5.26. The first kappa shape index (κ1) is 16.7. The largest absolute Gasteiger partial charge is 0.450 e. The van der Waals surface area contributed by atoms with Crippen molar-refractivity contribution in [3.63, 3.8) is 0 Å². The summed E-state index contributed by atoms with van der Waals surface area (Å²) in [5.74, 6) is 0.191. The van der Waals surface area contributed by atoms with Crippen LogP contribution in [0, 0.1) is 0 Å². The normalized spacial score (nSPS) is 12.0. The third-order valence-electron chi connectivity index (χ3n) is 2.84. The Labute approximate surface area is 139 Å². The molecule has 21 heavy (non-hydrogen) atoms. The van der Waals surface area contributed by atoms with E-state index in [0.29, 0.717) is 0 Å². The molecule has 0 amide bonds. The first-order valence-corrected chi connectivity index (χ1v) is 8.97. The van der Waals surface area contributed by atoms with Gasteiger partial charge in [-0.25, -0.2) is 8.42 Å². The molecule has 0 aliphatic rings. The maximum absolute atomic E-state index is 12.5. The summed E-state index contributed by atoms with van der Waals surface area (Å²) in [7, 11) is -2.21. The second kappa shape index (κ2) is 6.62. The lowest BCUT2D eigenvalue weighted by Gasteiger charge is -2.16. The van der Waals surface area contributed by atoms with Gasteiger partial charge in [-0.1, -0.05) is 28.1 Å². The van der Waals surface area contributed by atoms with Crippen LogP contribution in [-0.4, -0.2) is 24.9 Å². The van der Waals surface area contributed by atoms with E-state index in [-0.39, 0.29) is 28.5 Å². The van der Waals surface area contributed by atoms with Gasteiger partial charge in [0.25, 0.3) is 0 Å². The Hall–Kier alpha value is -0.670. The minimum atomic E-state index is -3.70. The van der Waals surface area contributed by atoms with Gasteiger partial charge in [-0.15, -0.1) is 0 Å². The Morgan fingerprint density at radius 2 is 2.00 bits per heavy atom. The van der Waals surface area contributed by atoms with Crippen molar-refractivity contribution < 1.29 is 17.9 Å². The van der Waals surface area contributed by atoms with Gasteiger partial charge in [0.1, 0.15) is 17.3 Å². The molecule has 0 atom stereocenters. The number of furan rings is 1. The summed E-state index contributed by atoms with van der Waals surface area (Å²) in [4.78, 5) is 0.00375. The van der Waals surface area contributed by atoms with Gasteiger partial charge in [0.05, 0.1) is 0 Å². The Morgan fingerprint density at radius 3 is 2.57 bits per heavy atom. The first-order valence-electron chi connectivity index (χ1n) is 5.94. The SMILES string of the molecule is CN(Cc1cccc(Br)c1)S(=O)(=O)c1cc(CO)oc1Br. The molecule has 0 spiro atoms. The molecule has 0 aliphatic heterocycles. The molecule has 1 aromatic heterocycles. The molecule has 0 bridgehead atoms. The summed E-state index contributed by atoms with van der Waals surface area (Å²) in [5.41, 5.74) is 0.859. The van der Waals surface area contributed by atoms with Gasteiger partial charge in [0.2, 0.25) is 10.0 Å². The van der Waals surface area contributed by atoms with Gasteiger partial charge in [0, 0.05) is 24.1 Å². The van der Waals surface area contributed by atoms with Gasteiger partial charge in [-0.3, -0.25) is 0 Å². The van der Waals surface area contributed by atoms with Crippen molar-refractivity contribution in [3.8, 4) is 0 Å². The van der Waals surface area contributed by atoms with Crippen molar-refractivity contribution in [3.05, 3.63) is 50.8 Å². The van der Waals surface area contributed by atoms with E-state index in [4.69, 9.17) is 9.52 Å². The zero-order chi connectivity index (χ0) is 15.6. The van der Waals surface area contributed by atoms with E-state index >= 15 is 0 Å². The molecule has 1 aromatic carbocycles. The molecule has 5 nitrogen and oxygen atoms in total. The predicted molar refractivity (Wildman–Crippen MR) is 85.1 cm³/mol. The molecule has 8 heteroatoms. The van der Waals surface area contributed by atoms with Gasteiger partial charge >= 0.3 is 0 Å². The fourth-order valence-electron chi connectivity index (χ4n) is 1.80. The first-order chi connectivity index (χ1) is 9.84. The highest BCUT2D eigenvalue weighted by molar-refractivity contribution is 9.10. The van der Waals surface area contributed by atoms with Crippen LogP contribution in [0.5, 0.6) is 0 Å². The van der Waals surface area contributed by atoms with Crippen LogP contribution < -0.4 is 0 Å². The average Bonchev–Trinajstić information content (AvgIpc) is 2.80. The summed E-state index contributed by atoms with van der Waals surface area (Å²) >= 11 is 6.42. The number of benzene rings is 1. The number of nitrogens with zero attached hydrogens (tertiary/aromatic N) is 1. The molecule has 1 heterocycles. The number of hydrogen-bond acceptors (Lipinski definition) is 4. The topological polar surface area (TPSA) is 70.8 Å². The van der Waals surface area contributed by atoms with Crippen molar-refractivity contribution in [2.45, 2.75) is 18.0 Å². The van der Waals surface area contributed by atoms with E-state index in [2.05, 4.69) is 31.9 Å². The lowest BCUT2D eigenvalue weighted by atomic mass is 10.2. The molecule has 1 N–H and O–H groups in total. The van der Waals surface area contributed by atoms with E-state index in [1.807, 2.05) is 24.3 Å². The van der Waals surface area contributed by atoms with Crippen molar-refractivity contribution in [2.75, 3.05) is 7.05 Å². The molecular weight excluding hydrogens is 426 g/mol. The minimum Gasteiger partial charge on any atom is -0.450 e. The fraction of sp³-hybridized carbons (Fsp3) is 0.231. The Balaban J connectivity index is 2.28. The van der Waals surface area contributed by atoms with Crippen molar-refractivity contribution in [2.24, 2.45) is 0 Å². The van der Waals surface area contributed by atoms with Crippen LogP contribution in [0.3, 0.4) is 0 Å². The molecule has 0 saturated carbocycles. The number of aliphatic hydroxyl groups excluding tert-OH is 1. The summed E-state index contributed by atoms with van der Waals surface area (Å²) in [6, 6.07) is 8.74. The number of sulfonamides is 1. The molecule has 2 rings (SSSR count). The van der Waals surface area contributed by atoms with Crippen LogP contribution in [0.4, 0.5) is 0 Å². The molecular formula is C13H13Br2NO4S. The third-order valence-corrected chi connectivity index (χ3v) is 6.00. The molecule has 2 aromatic rings. The predicted octanol–water partition coefficient (Wildman–Crippen LogP) is 3.12. The lowest BCUT2D eigenvalue weighted by Crippen LogP contribution is -2.26. The van der Waals surface area contributed by atoms with Crippen molar-refractivity contribution >= 4 is 41.9 Å². The summed E-state index contributed by atoms with van der Waals surface area (Å²) in [5, 5.41) is 9.02. The monoisotopic (exact) mass is 437 g/mol. The van der Waals surface area contributed by atoms with E-state index < -0.39 is 10.0 Å². The number of halogens is 2. The molecule has 114 valence electrons. The maximum Gasteiger partial charge on any atom is 0.247 e. The quantitative estimate of drug-likeness (QED) is 0.778. The average molecular weight is 439 g/mol. The van der Waals surface area contributed by atoms with Crippen LogP contribution in [0.15, 0.2) is 48.8 Å². The van der Waals surface area contributed by atoms with E-state index in [1.54, 1.807) is 0 Å². The highest BCUT2D eigenvalue weighted by atomic mass is 79.9. The summed E-state index contributed by atoms with van der Waals surface area (Å²) in [6.45, 7) is -0.128. The fourth-order valence-corrected chi connectivity index (χ4v) is 4.36. The van der Waals surface area contributed by atoms with E-state index in [0.717, 1.165) is 10.0 Å². The van der Waals surface area contributed by atoms with Crippen LogP contribution in [0.1, 0.15) is 11.3 Å². The highest BCUT2D eigenvalue weighted by Gasteiger charge is 2.27. The summed E-state index contributed by atoms with van der Waals surface area (Å²) in [6.07, 6.45) is 0. The Morgan fingerprint density at radius 1 is 1.29 bits per heavy atom. The van der Waals surface area contributed by atoms with Crippen LogP contribution >= 0.6 is 31.9 Å². The molecule has 0 saturated heterocycles. The zero-order valence-corrected chi connectivity index (χ0v) is 15.1. The minimum absolute atomic E-state index is 0.00375. The van der Waals surface area contributed by atoms with Gasteiger partial charge < -0.3 is 9.52 Å². The number of rotatable bonds is 5. The molecule has 0 unspecified atom stereocenters. The Bertz CT molecular complexity index is 742. The highest BCUT2D eigenvalue weighted by Crippen LogP contribution is 2.29. The molecule has 0 radical (unpaired) electrons. The lowest BCUT2D eigenvalue weighted by molar-refractivity contribution is 0.245. The standard InChI is InChI=1S/C13H13Br2NO4S/c1-16(7-9-3-2-4-10(14)5-9)21(18,19)12-6-11(8-17)20-13(12)15/h2-6,17H,7-8H2,1H3. The second-order valence-corrected chi connectivity index (χ2v) is 8.05. The van der Waals surface area contributed by atoms with Crippen LogP contribution in [0.25, 0.3) is 0 Å². The van der Waals surface area contributed by atoms with Gasteiger partial charge in [-0.2, -0.15) is 4.31 Å². The van der Waals surface area contributed by atoms with Gasteiger partial charge in [-0.05, 0) is 33.6 Å². The summed E-state index contributed by atoms with van der Waals surface area (Å²) < 4.78 is 32.4. The smallest absolute Gasteiger partial charge is 0.247 e.